The molecule has 0 aromatic heterocycles. The fourth-order valence-corrected chi connectivity index (χ4v) is 3.40. The van der Waals surface area contributed by atoms with Crippen LogP contribution in [-0.2, 0) is 21.1 Å². The molecule has 2 rings (SSSR count). The normalized spacial score (nSPS) is 18.3. The molecule has 0 radical (unpaired) electrons. The number of rotatable bonds is 5. The zero-order valence-electron chi connectivity index (χ0n) is 13.6. The second kappa shape index (κ2) is 8.66. The molecule has 1 atom stereocenters. The van der Waals surface area contributed by atoms with Crippen molar-refractivity contribution in [1.29, 1.82) is 0 Å². The smallest absolute Gasteiger partial charge is 0.238 e. The number of carbonyl (C=O) groups excluding carboxylic acids is 1. The van der Waals surface area contributed by atoms with E-state index >= 15 is 0 Å². The summed E-state index contributed by atoms with van der Waals surface area (Å²) in [7, 11) is -3.30. The molecule has 5 nitrogen and oxygen atoms in total. The predicted octanol–water partition coefficient (Wildman–Crippen LogP) is 1.58. The number of nitrogens with one attached hydrogen (secondary N) is 1. The Balaban J connectivity index is 0.00000264. The maximum absolute atomic E-state index is 12.4. The SMILES string of the molecule is CCc1ccc(C2CNCCN2C(=O)CS(=O)(=O)CC)cc1.Cl. The van der Waals surface area contributed by atoms with Crippen LogP contribution in [-0.4, -0.2) is 50.4 Å². The minimum absolute atomic E-state index is 0. The van der Waals surface area contributed by atoms with Gasteiger partial charge in [0.25, 0.3) is 0 Å². The van der Waals surface area contributed by atoms with Crippen LogP contribution in [0, 0.1) is 0 Å². The van der Waals surface area contributed by atoms with Gasteiger partial charge >= 0.3 is 0 Å². The van der Waals surface area contributed by atoms with E-state index in [0.717, 1.165) is 12.0 Å². The highest BCUT2D eigenvalue weighted by molar-refractivity contribution is 7.92. The molecule has 1 saturated heterocycles. The predicted molar refractivity (Wildman–Crippen MR) is 94.7 cm³/mol. The highest BCUT2D eigenvalue weighted by Crippen LogP contribution is 2.23. The van der Waals surface area contributed by atoms with Crippen molar-refractivity contribution < 1.29 is 13.2 Å². The Kier molecular flexibility index (Phi) is 7.51. The third-order valence-electron chi connectivity index (χ3n) is 4.12. The maximum Gasteiger partial charge on any atom is 0.238 e. The molecule has 1 aliphatic heterocycles. The van der Waals surface area contributed by atoms with E-state index in [2.05, 4.69) is 24.4 Å². The van der Waals surface area contributed by atoms with Crippen LogP contribution < -0.4 is 5.32 Å². The molecule has 0 aliphatic carbocycles. The first-order valence-electron chi connectivity index (χ1n) is 7.76. The van der Waals surface area contributed by atoms with Gasteiger partial charge in [-0.25, -0.2) is 8.42 Å². The molecule has 1 aromatic carbocycles. The number of benzene rings is 1. The summed E-state index contributed by atoms with van der Waals surface area (Å²) in [5.74, 6) is -0.693. The Labute approximate surface area is 144 Å². The summed E-state index contributed by atoms with van der Waals surface area (Å²) in [5.41, 5.74) is 2.30. The molecule has 1 amide bonds. The summed E-state index contributed by atoms with van der Waals surface area (Å²) in [6.45, 7) is 5.56. The number of hydrogen-bond donors (Lipinski definition) is 1. The van der Waals surface area contributed by atoms with Crippen molar-refractivity contribution in [3.05, 3.63) is 35.4 Å². The lowest BCUT2D eigenvalue weighted by molar-refractivity contribution is -0.131. The van der Waals surface area contributed by atoms with E-state index in [1.807, 2.05) is 12.1 Å². The van der Waals surface area contributed by atoms with Crippen molar-refractivity contribution in [2.45, 2.75) is 26.3 Å². The number of hydrogen-bond acceptors (Lipinski definition) is 4. The molecule has 130 valence electrons. The summed E-state index contributed by atoms with van der Waals surface area (Å²) < 4.78 is 23.4. The van der Waals surface area contributed by atoms with Gasteiger partial charge in [-0.05, 0) is 17.5 Å². The van der Waals surface area contributed by atoms with Crippen molar-refractivity contribution in [3.8, 4) is 0 Å². The fourth-order valence-electron chi connectivity index (χ4n) is 2.65. The Morgan fingerprint density at radius 2 is 1.91 bits per heavy atom. The number of nitrogens with zero attached hydrogens (tertiary/aromatic N) is 1. The van der Waals surface area contributed by atoms with E-state index in [9.17, 15) is 13.2 Å². The van der Waals surface area contributed by atoms with Crippen LogP contribution in [0.4, 0.5) is 0 Å². The zero-order valence-corrected chi connectivity index (χ0v) is 15.3. The average Bonchev–Trinajstić information content (AvgIpc) is 2.54. The molecule has 1 heterocycles. The molecule has 0 bridgehead atoms. The van der Waals surface area contributed by atoms with Gasteiger partial charge < -0.3 is 10.2 Å². The van der Waals surface area contributed by atoms with Gasteiger partial charge in [0.15, 0.2) is 9.84 Å². The molecule has 0 spiro atoms. The van der Waals surface area contributed by atoms with E-state index in [4.69, 9.17) is 0 Å². The summed E-state index contributed by atoms with van der Waals surface area (Å²) in [4.78, 5) is 14.1. The third kappa shape index (κ3) is 5.19. The van der Waals surface area contributed by atoms with Gasteiger partial charge in [-0.2, -0.15) is 0 Å². The van der Waals surface area contributed by atoms with E-state index in [1.54, 1.807) is 11.8 Å². The monoisotopic (exact) mass is 360 g/mol. The van der Waals surface area contributed by atoms with E-state index in [-0.39, 0.29) is 30.1 Å². The van der Waals surface area contributed by atoms with Crippen molar-refractivity contribution >= 4 is 28.2 Å². The first kappa shape index (κ1) is 19.9. The lowest BCUT2D eigenvalue weighted by atomic mass is 10.0. The maximum atomic E-state index is 12.4. The Morgan fingerprint density at radius 3 is 2.48 bits per heavy atom. The Morgan fingerprint density at radius 1 is 1.26 bits per heavy atom. The summed E-state index contributed by atoms with van der Waals surface area (Å²) in [6, 6.07) is 8.10. The molecule has 7 heteroatoms. The molecule has 1 aliphatic rings. The lowest BCUT2D eigenvalue weighted by Gasteiger charge is -2.36. The van der Waals surface area contributed by atoms with Crippen LogP contribution in [0.5, 0.6) is 0 Å². The second-order valence-corrected chi connectivity index (χ2v) is 7.93. The van der Waals surface area contributed by atoms with E-state index in [0.29, 0.717) is 19.6 Å². The largest absolute Gasteiger partial charge is 0.332 e. The quantitative estimate of drug-likeness (QED) is 0.865. The summed E-state index contributed by atoms with van der Waals surface area (Å²) >= 11 is 0. The zero-order chi connectivity index (χ0) is 16.2. The van der Waals surface area contributed by atoms with Crippen molar-refractivity contribution in [3.63, 3.8) is 0 Å². The highest BCUT2D eigenvalue weighted by atomic mass is 35.5. The van der Waals surface area contributed by atoms with Gasteiger partial charge in [0.1, 0.15) is 5.75 Å². The number of halogens is 1. The minimum Gasteiger partial charge on any atom is -0.332 e. The van der Waals surface area contributed by atoms with Crippen LogP contribution in [0.2, 0.25) is 0 Å². The van der Waals surface area contributed by atoms with E-state index in [1.165, 1.54) is 5.56 Å². The van der Waals surface area contributed by atoms with Crippen LogP contribution in [0.1, 0.15) is 31.0 Å². The Bertz CT molecular complexity index is 617. The Hall–Kier alpha value is -1.11. The third-order valence-corrected chi connectivity index (χ3v) is 5.69. The summed E-state index contributed by atoms with van der Waals surface area (Å²) in [6.07, 6.45) is 0.973. The van der Waals surface area contributed by atoms with Gasteiger partial charge in [-0.1, -0.05) is 38.1 Å². The minimum atomic E-state index is -3.30. The van der Waals surface area contributed by atoms with E-state index < -0.39 is 15.6 Å². The number of piperazine rings is 1. The molecule has 0 saturated carbocycles. The number of sulfone groups is 1. The molecule has 1 unspecified atom stereocenters. The molecular weight excluding hydrogens is 336 g/mol. The highest BCUT2D eigenvalue weighted by Gasteiger charge is 2.29. The molecule has 1 fully saturated rings. The molecule has 1 aromatic rings. The van der Waals surface area contributed by atoms with Crippen LogP contribution >= 0.6 is 12.4 Å². The number of amides is 1. The van der Waals surface area contributed by atoms with Gasteiger partial charge in [0.05, 0.1) is 6.04 Å². The van der Waals surface area contributed by atoms with Crippen molar-refractivity contribution in [2.24, 2.45) is 0 Å². The second-order valence-electron chi connectivity index (χ2n) is 5.58. The molecule has 23 heavy (non-hydrogen) atoms. The first-order valence-corrected chi connectivity index (χ1v) is 9.58. The fraction of sp³-hybridized carbons (Fsp3) is 0.562. The van der Waals surface area contributed by atoms with Crippen molar-refractivity contribution in [2.75, 3.05) is 31.1 Å². The van der Waals surface area contributed by atoms with Crippen molar-refractivity contribution in [1.82, 2.24) is 10.2 Å². The standard InChI is InChI=1S/C16H24N2O3S.ClH/c1-3-13-5-7-14(8-6-13)15-11-17-9-10-18(15)16(19)12-22(20,21)4-2;/h5-8,15,17H,3-4,9-12H2,1-2H3;1H. The number of carbonyl (C=O) groups is 1. The van der Waals surface area contributed by atoms with Gasteiger partial charge in [0.2, 0.25) is 5.91 Å². The molecule has 1 N–H and O–H groups in total. The van der Waals surface area contributed by atoms with Crippen LogP contribution in [0.25, 0.3) is 0 Å². The lowest BCUT2D eigenvalue weighted by Crippen LogP contribution is -2.50. The average molecular weight is 361 g/mol. The van der Waals surface area contributed by atoms with Crippen LogP contribution in [0.3, 0.4) is 0 Å². The van der Waals surface area contributed by atoms with Crippen LogP contribution in [0.15, 0.2) is 24.3 Å². The molecular formula is C16H25ClN2O3S. The topological polar surface area (TPSA) is 66.5 Å². The van der Waals surface area contributed by atoms with Gasteiger partial charge in [-0.3, -0.25) is 4.79 Å². The van der Waals surface area contributed by atoms with Gasteiger partial charge in [-0.15, -0.1) is 12.4 Å². The van der Waals surface area contributed by atoms with Gasteiger partial charge in [0, 0.05) is 25.4 Å². The summed E-state index contributed by atoms with van der Waals surface area (Å²) in [5, 5.41) is 3.28. The number of aryl methyl sites for hydroxylation is 1. The first-order chi connectivity index (χ1) is 10.5.